The van der Waals surface area contributed by atoms with Crippen molar-refractivity contribution in [2.45, 2.75) is 11.7 Å². The smallest absolute Gasteiger partial charge is 0.305 e. The molecule has 1 aliphatic heterocycles. The van der Waals surface area contributed by atoms with Gasteiger partial charge in [0.25, 0.3) is 0 Å². The van der Waals surface area contributed by atoms with Crippen LogP contribution in [-0.2, 0) is 9.59 Å². The molecule has 1 unspecified atom stereocenters. The molecular formula is C12H10FN3O4S. The van der Waals surface area contributed by atoms with Gasteiger partial charge in [-0.2, -0.15) is 5.10 Å². The molecule has 0 spiro atoms. The van der Waals surface area contributed by atoms with Crippen LogP contribution in [0, 0.1) is 5.82 Å². The number of carboxylic acid groups (broad SMARTS) is 1. The molecule has 2 rings (SSSR count). The molecule has 1 fully saturated rings. The highest BCUT2D eigenvalue weighted by molar-refractivity contribution is 8.15. The molecule has 3 N–H and O–H groups in total. The number of phenolic OH excluding ortho intramolecular Hbond substituents is 1. The first-order valence-corrected chi connectivity index (χ1v) is 6.62. The van der Waals surface area contributed by atoms with E-state index in [0.717, 1.165) is 30.1 Å². The van der Waals surface area contributed by atoms with E-state index in [1.54, 1.807) is 0 Å². The lowest BCUT2D eigenvalue weighted by atomic mass is 10.2. The molecule has 21 heavy (non-hydrogen) atoms. The van der Waals surface area contributed by atoms with E-state index in [2.05, 4.69) is 15.5 Å². The summed E-state index contributed by atoms with van der Waals surface area (Å²) in [5.41, 5.74) is 0.135. The number of amides is 1. The van der Waals surface area contributed by atoms with E-state index >= 15 is 0 Å². The maximum atomic E-state index is 13.0. The van der Waals surface area contributed by atoms with Gasteiger partial charge in [0, 0.05) is 5.56 Å². The van der Waals surface area contributed by atoms with Gasteiger partial charge in [0.15, 0.2) is 5.17 Å². The van der Waals surface area contributed by atoms with Crippen molar-refractivity contribution in [3.63, 3.8) is 0 Å². The number of phenols is 1. The first-order chi connectivity index (χ1) is 9.95. The van der Waals surface area contributed by atoms with Gasteiger partial charge in [-0.3, -0.25) is 9.59 Å². The third-order valence-electron chi connectivity index (χ3n) is 2.47. The number of aliphatic carboxylic acids is 1. The summed E-state index contributed by atoms with van der Waals surface area (Å²) in [4.78, 5) is 22.0. The fourth-order valence-electron chi connectivity index (χ4n) is 1.52. The Hall–Kier alpha value is -2.42. The number of halogens is 1. The number of nitrogens with one attached hydrogen (secondary N) is 1. The van der Waals surface area contributed by atoms with Gasteiger partial charge in [0.2, 0.25) is 5.91 Å². The Labute approximate surface area is 122 Å². The fraction of sp³-hybridized carbons (Fsp3) is 0.167. The van der Waals surface area contributed by atoms with Crippen LogP contribution in [-0.4, -0.2) is 38.7 Å². The SMILES string of the molecule is O=C(O)CC1SC(=NN=Cc2cc(F)ccc2O)NC1=O. The maximum Gasteiger partial charge on any atom is 0.305 e. The lowest BCUT2D eigenvalue weighted by Crippen LogP contribution is -2.26. The zero-order chi connectivity index (χ0) is 15.4. The first-order valence-electron chi connectivity index (χ1n) is 5.74. The standard InChI is InChI=1S/C12H10FN3O4S/c13-7-1-2-8(17)6(3-7)5-14-16-12-15-11(20)9(21-12)4-10(18)19/h1-3,5,9,17H,4H2,(H,18,19)(H,15,16,20). The number of aromatic hydroxyl groups is 1. The van der Waals surface area contributed by atoms with Crippen LogP contribution in [0.4, 0.5) is 4.39 Å². The molecule has 1 saturated heterocycles. The van der Waals surface area contributed by atoms with Crippen molar-refractivity contribution in [3.8, 4) is 5.75 Å². The second-order valence-corrected chi connectivity index (χ2v) is 5.24. The number of rotatable bonds is 4. The van der Waals surface area contributed by atoms with E-state index in [4.69, 9.17) is 5.11 Å². The van der Waals surface area contributed by atoms with Crippen LogP contribution in [0.3, 0.4) is 0 Å². The summed E-state index contributed by atoms with van der Waals surface area (Å²) in [7, 11) is 0. The minimum atomic E-state index is -1.09. The zero-order valence-electron chi connectivity index (χ0n) is 10.5. The molecule has 1 aliphatic rings. The minimum absolute atomic E-state index is 0.135. The van der Waals surface area contributed by atoms with Crippen LogP contribution in [0.5, 0.6) is 5.75 Å². The highest BCUT2D eigenvalue weighted by Crippen LogP contribution is 2.22. The predicted molar refractivity (Wildman–Crippen MR) is 74.9 cm³/mol. The molecule has 1 amide bonds. The number of carbonyl (C=O) groups excluding carboxylic acids is 1. The Morgan fingerprint density at radius 1 is 1.52 bits per heavy atom. The van der Waals surface area contributed by atoms with Crippen molar-refractivity contribution < 1.29 is 24.2 Å². The maximum absolute atomic E-state index is 13.0. The van der Waals surface area contributed by atoms with Gasteiger partial charge in [0.05, 0.1) is 12.6 Å². The van der Waals surface area contributed by atoms with Gasteiger partial charge in [-0.05, 0) is 18.2 Å². The van der Waals surface area contributed by atoms with Crippen LogP contribution < -0.4 is 5.32 Å². The average Bonchev–Trinajstić information content (AvgIpc) is 2.73. The number of carboxylic acids is 1. The molecule has 9 heteroatoms. The summed E-state index contributed by atoms with van der Waals surface area (Å²) >= 11 is 0.948. The van der Waals surface area contributed by atoms with Crippen molar-refractivity contribution in [2.75, 3.05) is 0 Å². The molecule has 7 nitrogen and oxygen atoms in total. The Morgan fingerprint density at radius 3 is 3.00 bits per heavy atom. The number of hydrogen-bond acceptors (Lipinski definition) is 6. The van der Waals surface area contributed by atoms with Crippen LogP contribution in [0.1, 0.15) is 12.0 Å². The normalized spacial score (nSPS) is 20.1. The number of hydrogen-bond donors (Lipinski definition) is 3. The second kappa shape index (κ2) is 6.35. The summed E-state index contributed by atoms with van der Waals surface area (Å²) in [6, 6.07) is 3.35. The Balaban J connectivity index is 2.05. The van der Waals surface area contributed by atoms with E-state index in [9.17, 15) is 19.1 Å². The van der Waals surface area contributed by atoms with Crippen molar-refractivity contribution >= 4 is 35.0 Å². The topological polar surface area (TPSA) is 111 Å². The highest BCUT2D eigenvalue weighted by Gasteiger charge is 2.32. The average molecular weight is 311 g/mol. The third-order valence-corrected chi connectivity index (χ3v) is 3.54. The summed E-state index contributed by atoms with van der Waals surface area (Å²) in [5, 5.41) is 27.2. The van der Waals surface area contributed by atoms with E-state index in [-0.39, 0.29) is 22.9 Å². The third kappa shape index (κ3) is 4.02. The van der Waals surface area contributed by atoms with Gasteiger partial charge in [-0.15, -0.1) is 5.10 Å². The molecule has 0 aliphatic carbocycles. The molecule has 1 aromatic carbocycles. The largest absolute Gasteiger partial charge is 0.507 e. The molecule has 0 bridgehead atoms. The molecule has 110 valence electrons. The van der Waals surface area contributed by atoms with Crippen LogP contribution in [0.25, 0.3) is 0 Å². The van der Waals surface area contributed by atoms with Gasteiger partial charge in [-0.1, -0.05) is 11.8 Å². The molecule has 0 radical (unpaired) electrons. The van der Waals surface area contributed by atoms with Crippen molar-refractivity contribution in [2.24, 2.45) is 10.2 Å². The predicted octanol–water partition coefficient (Wildman–Crippen LogP) is 0.928. The number of benzene rings is 1. The number of nitrogens with zero attached hydrogens (tertiary/aromatic N) is 2. The van der Waals surface area contributed by atoms with E-state index in [0.29, 0.717) is 0 Å². The summed E-state index contributed by atoms with van der Waals surface area (Å²) < 4.78 is 13.0. The zero-order valence-corrected chi connectivity index (χ0v) is 11.3. The van der Waals surface area contributed by atoms with Crippen molar-refractivity contribution in [1.29, 1.82) is 0 Å². The summed E-state index contributed by atoms with van der Waals surface area (Å²) in [6.45, 7) is 0. The quantitative estimate of drug-likeness (QED) is 0.566. The lowest BCUT2D eigenvalue weighted by molar-refractivity contribution is -0.138. The van der Waals surface area contributed by atoms with E-state index < -0.39 is 22.9 Å². The van der Waals surface area contributed by atoms with E-state index in [1.807, 2.05) is 0 Å². The monoisotopic (exact) mass is 311 g/mol. The molecular weight excluding hydrogens is 301 g/mol. The number of carbonyl (C=O) groups is 2. The lowest BCUT2D eigenvalue weighted by Gasteiger charge is -1.98. The highest BCUT2D eigenvalue weighted by atomic mass is 32.2. The Kier molecular flexibility index (Phi) is 4.53. The second-order valence-electron chi connectivity index (χ2n) is 4.05. The van der Waals surface area contributed by atoms with Gasteiger partial charge in [0.1, 0.15) is 16.8 Å². The molecule has 0 saturated carbocycles. The minimum Gasteiger partial charge on any atom is -0.507 e. The van der Waals surface area contributed by atoms with Gasteiger partial charge in [-0.25, -0.2) is 4.39 Å². The van der Waals surface area contributed by atoms with Crippen LogP contribution >= 0.6 is 11.8 Å². The van der Waals surface area contributed by atoms with E-state index in [1.165, 1.54) is 6.07 Å². The van der Waals surface area contributed by atoms with Gasteiger partial charge < -0.3 is 15.5 Å². The summed E-state index contributed by atoms with van der Waals surface area (Å²) in [6.07, 6.45) is 0.812. The number of thioether (sulfide) groups is 1. The Bertz CT molecular complexity index is 647. The van der Waals surface area contributed by atoms with Gasteiger partial charge >= 0.3 is 5.97 Å². The molecule has 1 atom stereocenters. The first kappa shape index (κ1) is 15.0. The molecule has 0 aromatic heterocycles. The van der Waals surface area contributed by atoms with Crippen molar-refractivity contribution in [1.82, 2.24) is 5.32 Å². The molecule has 1 aromatic rings. The Morgan fingerprint density at radius 2 is 2.29 bits per heavy atom. The summed E-state index contributed by atoms with van der Waals surface area (Å²) in [5.74, 6) is -2.23. The van der Waals surface area contributed by atoms with Crippen LogP contribution in [0.2, 0.25) is 0 Å². The van der Waals surface area contributed by atoms with Crippen molar-refractivity contribution in [3.05, 3.63) is 29.6 Å². The fourth-order valence-corrected chi connectivity index (χ4v) is 2.43. The number of amidine groups is 1. The molecule has 1 heterocycles. The van der Waals surface area contributed by atoms with Crippen LogP contribution in [0.15, 0.2) is 28.4 Å².